The number of fused-ring (bicyclic) bond motifs is 3. The Morgan fingerprint density at radius 2 is 1.93 bits per heavy atom. The molecule has 210 valence electrons. The Labute approximate surface area is 227 Å². The van der Waals surface area contributed by atoms with Gasteiger partial charge in [0.05, 0.1) is 22.8 Å². The molecule has 40 heavy (non-hydrogen) atoms. The zero-order valence-electron chi connectivity index (χ0n) is 22.2. The van der Waals surface area contributed by atoms with E-state index in [9.17, 15) is 13.2 Å². The van der Waals surface area contributed by atoms with Gasteiger partial charge in [0.1, 0.15) is 42.6 Å². The van der Waals surface area contributed by atoms with Crippen LogP contribution in [-0.2, 0) is 20.4 Å². The van der Waals surface area contributed by atoms with Gasteiger partial charge in [0.15, 0.2) is 17.8 Å². The van der Waals surface area contributed by atoms with Crippen LogP contribution in [0.25, 0.3) is 21.9 Å². The molecule has 2 aliphatic rings. The third kappa shape index (κ3) is 4.84. The smallest absolute Gasteiger partial charge is 0.419 e. The maximum Gasteiger partial charge on any atom is 0.419 e. The van der Waals surface area contributed by atoms with E-state index < -0.39 is 42.1 Å². The SMILES string of the molecule is CN(C)/C=N/c1ncnc2c1ccn2[C@@H]1O[C@H](COc2cc3ncccc3cc2C(F)(F)F)[C@H]2OC(C)(C)O[C@H]21. The van der Waals surface area contributed by atoms with Gasteiger partial charge in [-0.25, -0.2) is 15.0 Å². The van der Waals surface area contributed by atoms with Crippen molar-refractivity contribution < 1.29 is 32.1 Å². The van der Waals surface area contributed by atoms with Crippen LogP contribution >= 0.6 is 0 Å². The second-order valence-corrected chi connectivity index (χ2v) is 10.3. The number of hydrogen-bond acceptors (Lipinski definition) is 8. The number of aromatic nitrogens is 4. The Kier molecular flexibility index (Phi) is 6.39. The lowest BCUT2D eigenvalue weighted by Gasteiger charge is -2.25. The minimum Gasteiger partial charge on any atom is -0.490 e. The van der Waals surface area contributed by atoms with E-state index in [1.807, 2.05) is 20.2 Å². The Hall–Kier alpha value is -3.81. The first-order valence-corrected chi connectivity index (χ1v) is 12.6. The number of hydrogen-bond donors (Lipinski definition) is 0. The standard InChI is InChI=1S/C27H27F3N6O4/c1-26(2)39-21-20(12-37-19-11-18-15(6-5-8-31-18)10-17(19)27(28,29)30)38-25(22(21)40-26)36-9-7-16-23(34-14-35(3)4)32-13-33-24(16)36/h5-11,13-14,20-22,25H,12H2,1-4H3/b34-14+/t20-,21-,22-,25-/m1/s1. The van der Waals surface area contributed by atoms with E-state index in [-0.39, 0.29) is 12.4 Å². The minimum absolute atomic E-state index is 0.203. The molecular weight excluding hydrogens is 529 g/mol. The molecule has 0 saturated carbocycles. The molecule has 0 amide bonds. The van der Waals surface area contributed by atoms with Crippen molar-refractivity contribution in [2.75, 3.05) is 20.7 Å². The number of halogens is 3. The number of nitrogens with zero attached hydrogens (tertiary/aromatic N) is 6. The maximum absolute atomic E-state index is 13.9. The lowest BCUT2D eigenvalue weighted by atomic mass is 10.1. The maximum atomic E-state index is 13.9. The third-order valence-corrected chi connectivity index (χ3v) is 6.71. The zero-order chi connectivity index (χ0) is 28.2. The van der Waals surface area contributed by atoms with Crippen LogP contribution < -0.4 is 4.74 Å². The van der Waals surface area contributed by atoms with Crippen molar-refractivity contribution in [3.8, 4) is 5.75 Å². The summed E-state index contributed by atoms with van der Waals surface area (Å²) in [6.07, 6.45) is -0.832. The highest BCUT2D eigenvalue weighted by Crippen LogP contribution is 2.45. The molecule has 0 radical (unpaired) electrons. The Morgan fingerprint density at radius 1 is 1.12 bits per heavy atom. The Morgan fingerprint density at radius 3 is 2.70 bits per heavy atom. The van der Waals surface area contributed by atoms with E-state index in [1.54, 1.807) is 48.0 Å². The topological polar surface area (TPSA) is 96.1 Å². The highest BCUT2D eigenvalue weighted by molar-refractivity contribution is 5.87. The second kappa shape index (κ2) is 9.68. The van der Waals surface area contributed by atoms with E-state index in [2.05, 4.69) is 19.9 Å². The molecule has 5 heterocycles. The van der Waals surface area contributed by atoms with Crippen LogP contribution in [0.1, 0.15) is 25.6 Å². The number of rotatable bonds is 6. The first-order chi connectivity index (χ1) is 19.0. The van der Waals surface area contributed by atoms with E-state index in [1.165, 1.54) is 18.6 Å². The largest absolute Gasteiger partial charge is 0.490 e. The van der Waals surface area contributed by atoms with Gasteiger partial charge >= 0.3 is 6.18 Å². The molecule has 4 atom stereocenters. The van der Waals surface area contributed by atoms with Gasteiger partial charge in [-0.1, -0.05) is 6.07 Å². The van der Waals surface area contributed by atoms with Crippen molar-refractivity contribution in [2.45, 2.75) is 50.4 Å². The van der Waals surface area contributed by atoms with Crippen LogP contribution in [0.15, 0.2) is 54.0 Å². The molecule has 3 aromatic heterocycles. The summed E-state index contributed by atoms with van der Waals surface area (Å²) in [5, 5.41) is 1.07. The predicted molar refractivity (Wildman–Crippen MR) is 139 cm³/mol. The molecule has 2 fully saturated rings. The Balaban J connectivity index is 1.31. The molecule has 13 heteroatoms. The van der Waals surface area contributed by atoms with Crippen molar-refractivity contribution >= 4 is 34.1 Å². The van der Waals surface area contributed by atoms with Crippen molar-refractivity contribution in [3.05, 3.63) is 54.6 Å². The van der Waals surface area contributed by atoms with Gasteiger partial charge in [0.25, 0.3) is 0 Å². The van der Waals surface area contributed by atoms with E-state index in [0.717, 1.165) is 6.07 Å². The molecule has 2 aliphatic heterocycles. The number of ether oxygens (including phenoxy) is 4. The van der Waals surface area contributed by atoms with Crippen LogP contribution in [0.4, 0.5) is 19.0 Å². The fraction of sp³-hybridized carbons (Fsp3) is 0.407. The van der Waals surface area contributed by atoms with Crippen molar-refractivity contribution in [2.24, 2.45) is 4.99 Å². The predicted octanol–water partition coefficient (Wildman–Crippen LogP) is 4.72. The summed E-state index contributed by atoms with van der Waals surface area (Å²) in [4.78, 5) is 19.1. The van der Waals surface area contributed by atoms with Crippen molar-refractivity contribution in [3.63, 3.8) is 0 Å². The monoisotopic (exact) mass is 556 g/mol. The van der Waals surface area contributed by atoms with E-state index >= 15 is 0 Å². The summed E-state index contributed by atoms with van der Waals surface area (Å²) < 4.78 is 68.0. The molecule has 0 unspecified atom stereocenters. The number of benzene rings is 1. The van der Waals surface area contributed by atoms with Crippen LogP contribution in [0.2, 0.25) is 0 Å². The normalized spacial score (nSPS) is 24.3. The molecule has 0 aliphatic carbocycles. The van der Waals surface area contributed by atoms with Crippen LogP contribution in [0.3, 0.4) is 0 Å². The van der Waals surface area contributed by atoms with Crippen LogP contribution in [0.5, 0.6) is 5.75 Å². The van der Waals surface area contributed by atoms with Gasteiger partial charge < -0.3 is 28.4 Å². The molecular formula is C27H27F3N6O4. The average Bonchev–Trinajstić information content (AvgIpc) is 3.56. The third-order valence-electron chi connectivity index (χ3n) is 6.71. The minimum atomic E-state index is -4.62. The van der Waals surface area contributed by atoms with Crippen molar-refractivity contribution in [1.82, 2.24) is 24.4 Å². The van der Waals surface area contributed by atoms with Gasteiger partial charge in [-0.15, -0.1) is 0 Å². The fourth-order valence-corrected chi connectivity index (χ4v) is 5.07. The summed E-state index contributed by atoms with van der Waals surface area (Å²) in [6, 6.07) is 7.33. The zero-order valence-corrected chi connectivity index (χ0v) is 22.2. The van der Waals surface area contributed by atoms with Gasteiger partial charge in [-0.05, 0) is 32.0 Å². The number of pyridine rings is 1. The van der Waals surface area contributed by atoms with E-state index in [0.29, 0.717) is 27.8 Å². The lowest BCUT2D eigenvalue weighted by Crippen LogP contribution is -2.34. The summed E-state index contributed by atoms with van der Waals surface area (Å²) in [5.74, 6) is -0.776. The molecule has 6 rings (SSSR count). The first kappa shape index (κ1) is 26.4. The molecule has 2 saturated heterocycles. The van der Waals surface area contributed by atoms with Gasteiger partial charge in [0.2, 0.25) is 0 Å². The number of aliphatic imine (C=N–C) groups is 1. The fourth-order valence-electron chi connectivity index (χ4n) is 5.07. The first-order valence-electron chi connectivity index (χ1n) is 12.6. The summed E-state index contributed by atoms with van der Waals surface area (Å²) in [7, 11) is 3.71. The number of alkyl halides is 3. The quantitative estimate of drug-likeness (QED) is 0.249. The summed E-state index contributed by atoms with van der Waals surface area (Å²) >= 11 is 0. The van der Waals surface area contributed by atoms with Crippen LogP contribution in [0, 0.1) is 0 Å². The molecule has 10 nitrogen and oxygen atoms in total. The van der Waals surface area contributed by atoms with Crippen LogP contribution in [-0.4, -0.2) is 75.6 Å². The molecule has 0 bridgehead atoms. The Bertz CT molecular complexity index is 1590. The second-order valence-electron chi connectivity index (χ2n) is 10.3. The van der Waals surface area contributed by atoms with Gasteiger partial charge in [-0.2, -0.15) is 13.2 Å². The average molecular weight is 557 g/mol. The lowest BCUT2D eigenvalue weighted by molar-refractivity contribution is -0.199. The van der Waals surface area contributed by atoms with Gasteiger partial charge in [-0.3, -0.25) is 4.98 Å². The van der Waals surface area contributed by atoms with E-state index in [4.69, 9.17) is 18.9 Å². The highest BCUT2D eigenvalue weighted by atomic mass is 19.4. The van der Waals surface area contributed by atoms with Crippen molar-refractivity contribution in [1.29, 1.82) is 0 Å². The molecule has 0 N–H and O–H groups in total. The molecule has 1 aromatic carbocycles. The summed E-state index contributed by atoms with van der Waals surface area (Å²) in [5.41, 5.74) is 0.0721. The molecule has 0 spiro atoms. The highest BCUT2D eigenvalue weighted by Gasteiger charge is 2.56. The molecule has 4 aromatic rings. The van der Waals surface area contributed by atoms with Gasteiger partial charge in [0, 0.05) is 37.9 Å². The summed E-state index contributed by atoms with van der Waals surface area (Å²) in [6.45, 7) is 3.35.